The van der Waals surface area contributed by atoms with E-state index in [4.69, 9.17) is 0 Å². The number of benzene rings is 1. The predicted molar refractivity (Wildman–Crippen MR) is 74.9 cm³/mol. The molecule has 2 amide bonds. The maximum Gasteiger partial charge on any atom is 0.229 e. The number of hydrogen-bond acceptors (Lipinski definition) is 3. The van der Waals surface area contributed by atoms with E-state index in [1.165, 1.54) is 6.92 Å². The summed E-state index contributed by atoms with van der Waals surface area (Å²) in [5, 5.41) is 8.85. The molecule has 1 saturated heterocycles. The zero-order valence-corrected chi connectivity index (χ0v) is 11.2. The zero-order valence-electron chi connectivity index (χ0n) is 11.2. The van der Waals surface area contributed by atoms with E-state index in [1.54, 1.807) is 18.2 Å². The third-order valence-electron chi connectivity index (χ3n) is 3.31. The third kappa shape index (κ3) is 3.54. The molecule has 0 spiro atoms. The molecule has 2 atom stereocenters. The summed E-state index contributed by atoms with van der Waals surface area (Å²) in [5.41, 5.74) is 1.39. The number of hydrogen-bond donors (Lipinski definition) is 3. The monoisotopic (exact) mass is 261 g/mol. The van der Waals surface area contributed by atoms with Crippen LogP contribution in [0.25, 0.3) is 0 Å². The average molecular weight is 261 g/mol. The van der Waals surface area contributed by atoms with Crippen LogP contribution in [0.4, 0.5) is 11.4 Å². The Morgan fingerprint density at radius 1 is 1.26 bits per heavy atom. The van der Waals surface area contributed by atoms with Gasteiger partial charge in [0.2, 0.25) is 11.8 Å². The van der Waals surface area contributed by atoms with Crippen molar-refractivity contribution >= 4 is 23.2 Å². The highest BCUT2D eigenvalue weighted by molar-refractivity contribution is 5.95. The Kier molecular flexibility index (Phi) is 4.16. The number of rotatable bonds is 3. The molecule has 19 heavy (non-hydrogen) atoms. The fourth-order valence-electron chi connectivity index (χ4n) is 2.33. The molecule has 1 heterocycles. The van der Waals surface area contributed by atoms with E-state index in [1.807, 2.05) is 13.0 Å². The first-order valence-corrected chi connectivity index (χ1v) is 6.48. The normalized spacial score (nSPS) is 22.0. The van der Waals surface area contributed by atoms with Crippen molar-refractivity contribution in [2.24, 2.45) is 5.92 Å². The lowest BCUT2D eigenvalue weighted by Crippen LogP contribution is -2.32. The van der Waals surface area contributed by atoms with E-state index in [0.29, 0.717) is 11.4 Å². The minimum atomic E-state index is -0.128. The van der Waals surface area contributed by atoms with E-state index in [0.717, 1.165) is 13.0 Å². The molecule has 0 aliphatic carbocycles. The van der Waals surface area contributed by atoms with Gasteiger partial charge in [0.05, 0.1) is 5.92 Å². The third-order valence-corrected chi connectivity index (χ3v) is 3.31. The Labute approximate surface area is 112 Å². The van der Waals surface area contributed by atoms with E-state index >= 15 is 0 Å². The molecule has 102 valence electrons. The lowest BCUT2D eigenvalue weighted by atomic mass is 10.0. The van der Waals surface area contributed by atoms with Crippen LogP contribution >= 0.6 is 0 Å². The number of amides is 2. The van der Waals surface area contributed by atoms with Gasteiger partial charge < -0.3 is 16.0 Å². The minimum Gasteiger partial charge on any atom is -0.326 e. The van der Waals surface area contributed by atoms with Gasteiger partial charge >= 0.3 is 0 Å². The van der Waals surface area contributed by atoms with Crippen molar-refractivity contribution in [2.75, 3.05) is 17.2 Å². The van der Waals surface area contributed by atoms with Crippen molar-refractivity contribution in [3.63, 3.8) is 0 Å². The number of carbonyl (C=O) groups is 2. The summed E-state index contributed by atoms with van der Waals surface area (Å²) in [5.74, 6) is -0.0982. The van der Waals surface area contributed by atoms with Crippen molar-refractivity contribution in [1.29, 1.82) is 0 Å². The number of nitrogens with one attached hydrogen (secondary N) is 3. The topological polar surface area (TPSA) is 70.2 Å². The van der Waals surface area contributed by atoms with Crippen LogP contribution in [0, 0.1) is 5.92 Å². The van der Waals surface area contributed by atoms with Crippen molar-refractivity contribution in [2.45, 2.75) is 26.3 Å². The molecule has 1 fully saturated rings. The van der Waals surface area contributed by atoms with Crippen LogP contribution in [0.1, 0.15) is 20.3 Å². The maximum atomic E-state index is 12.1. The lowest BCUT2D eigenvalue weighted by Gasteiger charge is -2.15. The molecule has 0 saturated carbocycles. The molecule has 1 aromatic carbocycles. The molecule has 5 nitrogen and oxygen atoms in total. The highest BCUT2D eigenvalue weighted by Crippen LogP contribution is 2.20. The Balaban J connectivity index is 2.02. The van der Waals surface area contributed by atoms with Gasteiger partial charge in [-0.3, -0.25) is 9.59 Å². The molecule has 0 aromatic heterocycles. The SMILES string of the molecule is CC(=O)Nc1cccc(NC(=O)C2CCNC2C)c1. The van der Waals surface area contributed by atoms with Gasteiger partial charge in [-0.25, -0.2) is 0 Å². The maximum absolute atomic E-state index is 12.1. The molecule has 0 bridgehead atoms. The molecule has 5 heteroatoms. The largest absolute Gasteiger partial charge is 0.326 e. The van der Waals surface area contributed by atoms with Gasteiger partial charge in [0, 0.05) is 24.3 Å². The quantitative estimate of drug-likeness (QED) is 0.773. The van der Waals surface area contributed by atoms with Gasteiger partial charge in [0.25, 0.3) is 0 Å². The van der Waals surface area contributed by atoms with Gasteiger partial charge in [-0.2, -0.15) is 0 Å². The van der Waals surface area contributed by atoms with Crippen molar-refractivity contribution in [1.82, 2.24) is 5.32 Å². The molecule has 1 aliphatic heterocycles. The standard InChI is InChI=1S/C14H19N3O2/c1-9-13(6-7-15-9)14(19)17-12-5-3-4-11(8-12)16-10(2)18/h3-5,8-9,13,15H,6-7H2,1-2H3,(H,16,18)(H,17,19). The van der Waals surface area contributed by atoms with Crippen molar-refractivity contribution in [3.8, 4) is 0 Å². The van der Waals surface area contributed by atoms with Crippen LogP contribution in [0.5, 0.6) is 0 Å². The summed E-state index contributed by atoms with van der Waals surface area (Å²) in [4.78, 5) is 23.1. The molecular weight excluding hydrogens is 242 g/mol. The molecule has 1 aliphatic rings. The van der Waals surface area contributed by atoms with Gasteiger partial charge in [0.15, 0.2) is 0 Å². The fraction of sp³-hybridized carbons (Fsp3) is 0.429. The summed E-state index contributed by atoms with van der Waals surface area (Å²) in [6, 6.07) is 7.37. The minimum absolute atomic E-state index is 0.00409. The molecule has 1 aromatic rings. The smallest absolute Gasteiger partial charge is 0.229 e. The Bertz CT molecular complexity index is 487. The summed E-state index contributed by atoms with van der Waals surface area (Å²) >= 11 is 0. The average Bonchev–Trinajstić information content (AvgIpc) is 2.75. The Morgan fingerprint density at radius 3 is 2.53 bits per heavy atom. The Morgan fingerprint density at radius 2 is 1.95 bits per heavy atom. The molecule has 0 radical (unpaired) electrons. The van der Waals surface area contributed by atoms with Crippen molar-refractivity contribution in [3.05, 3.63) is 24.3 Å². The van der Waals surface area contributed by atoms with E-state index in [9.17, 15) is 9.59 Å². The van der Waals surface area contributed by atoms with Crippen LogP contribution in [-0.4, -0.2) is 24.4 Å². The van der Waals surface area contributed by atoms with E-state index in [2.05, 4.69) is 16.0 Å². The summed E-state index contributed by atoms with van der Waals surface area (Å²) in [7, 11) is 0. The first-order valence-electron chi connectivity index (χ1n) is 6.48. The second kappa shape index (κ2) is 5.84. The van der Waals surface area contributed by atoms with Crippen LogP contribution in [0.15, 0.2) is 24.3 Å². The van der Waals surface area contributed by atoms with Gasteiger partial charge in [-0.15, -0.1) is 0 Å². The van der Waals surface area contributed by atoms with E-state index < -0.39 is 0 Å². The zero-order chi connectivity index (χ0) is 13.8. The first kappa shape index (κ1) is 13.5. The molecule has 3 N–H and O–H groups in total. The summed E-state index contributed by atoms with van der Waals surface area (Å²) in [6.45, 7) is 4.35. The second-order valence-electron chi connectivity index (χ2n) is 4.89. The summed E-state index contributed by atoms with van der Waals surface area (Å²) < 4.78 is 0. The highest BCUT2D eigenvalue weighted by Gasteiger charge is 2.29. The molecule has 2 rings (SSSR count). The van der Waals surface area contributed by atoms with Crippen LogP contribution in [0.3, 0.4) is 0 Å². The second-order valence-corrected chi connectivity index (χ2v) is 4.89. The fourth-order valence-corrected chi connectivity index (χ4v) is 2.33. The van der Waals surface area contributed by atoms with Crippen LogP contribution < -0.4 is 16.0 Å². The van der Waals surface area contributed by atoms with E-state index in [-0.39, 0.29) is 23.8 Å². The van der Waals surface area contributed by atoms with Gasteiger partial charge in [0.1, 0.15) is 0 Å². The first-order chi connectivity index (χ1) is 9.06. The predicted octanol–water partition coefficient (Wildman–Crippen LogP) is 1.58. The van der Waals surface area contributed by atoms with Gasteiger partial charge in [-0.05, 0) is 38.1 Å². The molecular formula is C14H19N3O2. The number of carbonyl (C=O) groups excluding carboxylic acids is 2. The summed E-state index contributed by atoms with van der Waals surface area (Å²) in [6.07, 6.45) is 0.860. The van der Waals surface area contributed by atoms with Crippen LogP contribution in [-0.2, 0) is 9.59 Å². The highest BCUT2D eigenvalue weighted by atomic mass is 16.2. The van der Waals surface area contributed by atoms with Crippen LogP contribution in [0.2, 0.25) is 0 Å². The van der Waals surface area contributed by atoms with Crippen molar-refractivity contribution < 1.29 is 9.59 Å². The lowest BCUT2D eigenvalue weighted by molar-refractivity contribution is -0.120. The Hall–Kier alpha value is -1.88. The molecule has 2 unspecified atom stereocenters. The van der Waals surface area contributed by atoms with Gasteiger partial charge in [-0.1, -0.05) is 6.07 Å². The number of anilines is 2.